The van der Waals surface area contributed by atoms with Crippen molar-refractivity contribution in [1.29, 1.82) is 0 Å². The molecule has 0 radical (unpaired) electrons. The summed E-state index contributed by atoms with van der Waals surface area (Å²) in [6.07, 6.45) is 1.47. The van der Waals surface area contributed by atoms with Crippen molar-refractivity contribution >= 4 is 31.9 Å². The van der Waals surface area contributed by atoms with Crippen molar-refractivity contribution in [3.63, 3.8) is 0 Å². The van der Waals surface area contributed by atoms with Crippen molar-refractivity contribution in [3.05, 3.63) is 33.3 Å². The molecule has 0 amide bonds. The first-order valence-electron chi connectivity index (χ1n) is 6.03. The zero-order valence-electron chi connectivity index (χ0n) is 10.5. The normalized spacial score (nSPS) is 26.2. The van der Waals surface area contributed by atoms with Crippen LogP contribution in [0.3, 0.4) is 0 Å². The molecule has 0 bridgehead atoms. The van der Waals surface area contributed by atoms with Gasteiger partial charge in [0.15, 0.2) is 0 Å². The highest BCUT2D eigenvalue weighted by Crippen LogP contribution is 2.39. The number of aryl methyl sites for hydroxylation is 2. The zero-order chi connectivity index (χ0) is 12.6. The van der Waals surface area contributed by atoms with Crippen LogP contribution in [0.2, 0.25) is 0 Å². The quantitative estimate of drug-likeness (QED) is 0.679. The molecule has 0 aromatic heterocycles. The summed E-state index contributed by atoms with van der Waals surface area (Å²) in [4.78, 5) is 0.298. The lowest BCUT2D eigenvalue weighted by molar-refractivity contribution is 0.0933. The van der Waals surface area contributed by atoms with E-state index in [0.29, 0.717) is 16.8 Å². The first-order valence-corrected chi connectivity index (χ1v) is 7.74. The molecule has 3 atom stereocenters. The molecule has 2 rings (SSSR count). The second kappa shape index (κ2) is 5.41. The van der Waals surface area contributed by atoms with Crippen LogP contribution >= 0.6 is 31.9 Å². The Morgan fingerprint density at radius 2 is 2.00 bits per heavy atom. The van der Waals surface area contributed by atoms with Crippen molar-refractivity contribution in [2.24, 2.45) is 5.92 Å². The van der Waals surface area contributed by atoms with Crippen LogP contribution in [-0.4, -0.2) is 12.7 Å². The first kappa shape index (κ1) is 13.6. The SMILES string of the molecule is Cc1cc(C(Br)C2OCCC2C)c(C)cc1Br. The van der Waals surface area contributed by atoms with Crippen LogP contribution in [-0.2, 0) is 4.74 Å². The van der Waals surface area contributed by atoms with E-state index in [4.69, 9.17) is 4.74 Å². The molecule has 1 saturated heterocycles. The lowest BCUT2D eigenvalue weighted by atomic mass is 9.94. The third kappa shape index (κ3) is 2.77. The molecule has 1 aliphatic rings. The largest absolute Gasteiger partial charge is 0.376 e. The fourth-order valence-corrected chi connectivity index (χ4v) is 3.99. The number of hydrogen-bond acceptors (Lipinski definition) is 1. The standard InChI is InChI=1S/C14H18Br2O/c1-8-4-5-17-14(8)13(16)11-6-10(3)12(15)7-9(11)2/h6-8,13-14H,4-5H2,1-3H3. The van der Waals surface area contributed by atoms with E-state index in [9.17, 15) is 0 Å². The molecule has 17 heavy (non-hydrogen) atoms. The van der Waals surface area contributed by atoms with E-state index in [1.165, 1.54) is 27.6 Å². The van der Waals surface area contributed by atoms with Crippen LogP contribution < -0.4 is 0 Å². The van der Waals surface area contributed by atoms with Gasteiger partial charge in [0, 0.05) is 11.1 Å². The molecule has 1 heterocycles. The van der Waals surface area contributed by atoms with Gasteiger partial charge < -0.3 is 4.74 Å². The highest BCUT2D eigenvalue weighted by molar-refractivity contribution is 9.10. The van der Waals surface area contributed by atoms with Gasteiger partial charge in [0.05, 0.1) is 10.9 Å². The average molecular weight is 362 g/mol. The van der Waals surface area contributed by atoms with Crippen molar-refractivity contribution in [2.75, 3.05) is 6.61 Å². The van der Waals surface area contributed by atoms with Gasteiger partial charge in [-0.15, -0.1) is 0 Å². The van der Waals surface area contributed by atoms with Crippen LogP contribution in [0.25, 0.3) is 0 Å². The highest BCUT2D eigenvalue weighted by Gasteiger charge is 2.32. The fourth-order valence-electron chi connectivity index (χ4n) is 2.37. The van der Waals surface area contributed by atoms with Gasteiger partial charge in [0.25, 0.3) is 0 Å². The summed E-state index contributed by atoms with van der Waals surface area (Å²) in [5.74, 6) is 0.628. The van der Waals surface area contributed by atoms with Gasteiger partial charge >= 0.3 is 0 Å². The minimum atomic E-state index is 0.298. The number of ether oxygens (including phenoxy) is 1. The number of rotatable bonds is 2. The highest BCUT2D eigenvalue weighted by atomic mass is 79.9. The molecule has 94 valence electrons. The summed E-state index contributed by atoms with van der Waals surface area (Å²) in [6, 6.07) is 4.45. The van der Waals surface area contributed by atoms with Crippen LogP contribution in [0.15, 0.2) is 16.6 Å². The summed E-state index contributed by atoms with van der Waals surface area (Å²) in [5, 5.41) is 0. The van der Waals surface area contributed by atoms with Crippen molar-refractivity contribution in [3.8, 4) is 0 Å². The molecule has 0 saturated carbocycles. The molecule has 1 aromatic carbocycles. The van der Waals surface area contributed by atoms with E-state index in [0.717, 1.165) is 6.61 Å². The Bertz CT molecular complexity index is 417. The maximum absolute atomic E-state index is 5.85. The van der Waals surface area contributed by atoms with Crippen LogP contribution in [0.1, 0.15) is 34.9 Å². The Kier molecular flexibility index (Phi) is 4.32. The van der Waals surface area contributed by atoms with Gasteiger partial charge in [-0.25, -0.2) is 0 Å². The molecule has 3 unspecified atom stereocenters. The number of hydrogen-bond donors (Lipinski definition) is 0. The molecule has 0 spiro atoms. The third-order valence-electron chi connectivity index (χ3n) is 3.58. The first-order chi connectivity index (χ1) is 8.00. The van der Waals surface area contributed by atoms with Gasteiger partial charge in [0.1, 0.15) is 0 Å². The monoisotopic (exact) mass is 360 g/mol. The minimum Gasteiger partial charge on any atom is -0.376 e. The molecular weight excluding hydrogens is 344 g/mol. The van der Waals surface area contributed by atoms with Crippen molar-refractivity contribution in [1.82, 2.24) is 0 Å². The molecule has 1 aromatic rings. The van der Waals surface area contributed by atoms with Gasteiger partial charge in [-0.3, -0.25) is 0 Å². The van der Waals surface area contributed by atoms with Gasteiger partial charge in [-0.1, -0.05) is 44.8 Å². The van der Waals surface area contributed by atoms with E-state index >= 15 is 0 Å². The second-order valence-corrected chi connectivity index (χ2v) is 6.80. The Hall–Kier alpha value is 0.140. The summed E-state index contributed by atoms with van der Waals surface area (Å²) < 4.78 is 7.03. The number of alkyl halides is 1. The Balaban J connectivity index is 2.30. The van der Waals surface area contributed by atoms with Gasteiger partial charge in [-0.2, -0.15) is 0 Å². The summed E-state index contributed by atoms with van der Waals surface area (Å²) >= 11 is 7.40. The number of benzene rings is 1. The van der Waals surface area contributed by atoms with Crippen LogP contribution in [0.4, 0.5) is 0 Å². The van der Waals surface area contributed by atoms with Crippen LogP contribution in [0, 0.1) is 19.8 Å². The van der Waals surface area contributed by atoms with E-state index < -0.39 is 0 Å². The summed E-state index contributed by atoms with van der Waals surface area (Å²) in [6.45, 7) is 7.45. The minimum absolute atomic E-state index is 0.298. The maximum Gasteiger partial charge on any atom is 0.0767 e. The van der Waals surface area contributed by atoms with E-state index in [1.807, 2.05) is 0 Å². The van der Waals surface area contributed by atoms with Crippen molar-refractivity contribution < 1.29 is 4.74 Å². The summed E-state index contributed by atoms with van der Waals surface area (Å²) in [5.41, 5.74) is 3.94. The molecule has 1 aliphatic heterocycles. The Morgan fingerprint density at radius 3 is 2.59 bits per heavy atom. The Morgan fingerprint density at radius 1 is 1.29 bits per heavy atom. The average Bonchev–Trinajstić information content (AvgIpc) is 2.69. The van der Waals surface area contributed by atoms with E-state index in [1.54, 1.807) is 0 Å². The van der Waals surface area contributed by atoms with Gasteiger partial charge in [-0.05, 0) is 48.9 Å². The predicted octanol–water partition coefficient (Wildman–Crippen LogP) is 4.93. The predicted molar refractivity (Wildman–Crippen MR) is 78.8 cm³/mol. The van der Waals surface area contributed by atoms with Gasteiger partial charge in [0.2, 0.25) is 0 Å². The topological polar surface area (TPSA) is 9.23 Å². The fraction of sp³-hybridized carbons (Fsp3) is 0.571. The molecular formula is C14H18Br2O. The molecule has 1 nitrogen and oxygen atoms in total. The van der Waals surface area contributed by atoms with Crippen molar-refractivity contribution in [2.45, 2.75) is 38.1 Å². The lowest BCUT2D eigenvalue weighted by Crippen LogP contribution is -2.19. The van der Waals surface area contributed by atoms with E-state index in [2.05, 4.69) is 64.8 Å². The number of halogens is 2. The Labute approximate surface area is 120 Å². The molecule has 0 aliphatic carbocycles. The van der Waals surface area contributed by atoms with E-state index in [-0.39, 0.29) is 0 Å². The molecule has 1 fully saturated rings. The smallest absolute Gasteiger partial charge is 0.0767 e. The third-order valence-corrected chi connectivity index (χ3v) is 5.45. The lowest BCUT2D eigenvalue weighted by Gasteiger charge is -2.23. The second-order valence-electron chi connectivity index (χ2n) is 4.96. The zero-order valence-corrected chi connectivity index (χ0v) is 13.6. The molecule has 3 heteroatoms. The summed E-state index contributed by atoms with van der Waals surface area (Å²) in [7, 11) is 0. The molecule has 0 N–H and O–H groups in total. The van der Waals surface area contributed by atoms with Crippen LogP contribution in [0.5, 0.6) is 0 Å². The maximum atomic E-state index is 5.85.